The van der Waals surface area contributed by atoms with Crippen molar-refractivity contribution >= 4 is 11.8 Å². The summed E-state index contributed by atoms with van der Waals surface area (Å²) in [7, 11) is 8.56. The van der Waals surface area contributed by atoms with E-state index in [1.807, 2.05) is 0 Å². The molecule has 0 aromatic heterocycles. The summed E-state index contributed by atoms with van der Waals surface area (Å²) in [4.78, 5) is 4.78. The van der Waals surface area contributed by atoms with E-state index in [9.17, 15) is 0 Å². The van der Waals surface area contributed by atoms with Crippen molar-refractivity contribution in [1.82, 2.24) is 9.80 Å². The Kier molecular flexibility index (Phi) is 16.5. The fourth-order valence-electron chi connectivity index (χ4n) is 2.46. The Morgan fingerprint density at radius 1 is 0.920 bits per heavy atom. The van der Waals surface area contributed by atoms with Gasteiger partial charge in [-0.1, -0.05) is 39.5 Å². The van der Waals surface area contributed by atoms with Gasteiger partial charge in [0.05, 0.1) is 41.3 Å². The minimum atomic E-state index is -0.403. The second kappa shape index (κ2) is 16.6. The van der Waals surface area contributed by atoms with Crippen molar-refractivity contribution in [3.05, 3.63) is 11.0 Å². The zero-order valence-corrected chi connectivity index (χ0v) is 16.8. The third-order valence-corrected chi connectivity index (χ3v) is 3.48. The quantitative estimate of drug-likeness (QED) is 0.222. The molecule has 0 rings (SSSR count). The van der Waals surface area contributed by atoms with Crippen molar-refractivity contribution in [2.45, 2.75) is 52.4 Å². The number of allylic oxidation sites excluding steroid dienone is 1. The van der Waals surface area contributed by atoms with Crippen molar-refractivity contribution in [3.8, 4) is 12.1 Å². The highest BCUT2D eigenvalue weighted by Crippen LogP contribution is 2.05. The highest BCUT2D eigenvalue weighted by atomic mass is 15.4. The predicted molar refractivity (Wildman–Crippen MR) is 105 cm³/mol. The number of unbranched alkanes of at least 4 members (excludes halogenated alkanes) is 4. The Morgan fingerprint density at radius 2 is 1.36 bits per heavy atom. The Morgan fingerprint density at radius 3 is 1.56 bits per heavy atom. The zero-order valence-electron chi connectivity index (χ0n) is 16.8. The van der Waals surface area contributed by atoms with E-state index >= 15 is 0 Å². The van der Waals surface area contributed by atoms with Crippen LogP contribution in [0.15, 0.2) is 5.57 Å². The lowest BCUT2D eigenvalue weighted by Gasteiger charge is -2.25. The van der Waals surface area contributed by atoms with Crippen molar-refractivity contribution in [2.24, 2.45) is 0 Å². The first-order chi connectivity index (χ1) is 11.9. The van der Waals surface area contributed by atoms with Gasteiger partial charge in [0.25, 0.3) is 0 Å². The van der Waals surface area contributed by atoms with Crippen LogP contribution in [0.4, 0.5) is 0 Å². The summed E-state index contributed by atoms with van der Waals surface area (Å²) in [5.41, 5.74) is -0.403. The molecule has 6 heteroatoms. The average molecular weight is 347 g/mol. The Labute approximate surface area is 154 Å². The number of hydrogen-bond donors (Lipinski definition) is 0. The van der Waals surface area contributed by atoms with E-state index in [1.54, 1.807) is 0 Å². The van der Waals surface area contributed by atoms with E-state index < -0.39 is 5.57 Å². The first-order valence-electron chi connectivity index (χ1n) is 8.93. The molecule has 0 amide bonds. The summed E-state index contributed by atoms with van der Waals surface area (Å²) in [5.74, 6) is 2.73. The maximum Gasteiger partial charge on any atom is 0.349 e. The number of guanidine groups is 1. The molecule has 0 aromatic rings. The molecule has 0 bridgehead atoms. The molecule has 0 aliphatic heterocycles. The molecule has 0 aliphatic rings. The lowest BCUT2D eigenvalue weighted by molar-refractivity contribution is -0.476. The predicted octanol–water partition coefficient (Wildman–Crippen LogP) is 3.06. The van der Waals surface area contributed by atoms with Gasteiger partial charge in [-0.2, -0.15) is 10.5 Å². The highest BCUT2D eigenvalue weighted by Gasteiger charge is 2.21. The molecular formula is C19H34N6. The Balaban J connectivity index is 0. The molecule has 0 unspecified atom stereocenters. The van der Waals surface area contributed by atoms with Gasteiger partial charge in [-0.15, -0.1) is 0 Å². The van der Waals surface area contributed by atoms with Crippen LogP contribution in [0.25, 0.3) is 5.41 Å². The first-order valence-corrected chi connectivity index (χ1v) is 8.93. The SMILES string of the molecule is CCCCCN(CCCCC)C(N(C)C)=[N+](C)C.N#CC(=C=[N-])C#N. The standard InChI is InChI=1S/C15H34N3.C4N3/c1-7-9-11-13-18(14-12-10-8-2)15(16(3)4)17(5)6;5-1-4(2-6)3-7/h7-14H2,1-6H3;/q+1;-1. The molecule has 140 valence electrons. The van der Waals surface area contributed by atoms with Gasteiger partial charge >= 0.3 is 5.96 Å². The number of rotatable bonds is 8. The summed E-state index contributed by atoms with van der Waals surface area (Å²) < 4.78 is 2.23. The smallest absolute Gasteiger partial charge is 0.349 e. The van der Waals surface area contributed by atoms with Crippen LogP contribution in [0, 0.1) is 22.7 Å². The van der Waals surface area contributed by atoms with Crippen molar-refractivity contribution in [2.75, 3.05) is 41.3 Å². The molecule has 0 saturated carbocycles. The highest BCUT2D eigenvalue weighted by molar-refractivity contribution is 5.74. The molecule has 0 saturated heterocycles. The monoisotopic (exact) mass is 346 g/mol. The first kappa shape index (κ1) is 24.9. The number of nitrogens with zero attached hydrogens (tertiary/aromatic N) is 6. The lowest BCUT2D eigenvalue weighted by atomic mass is 10.2. The van der Waals surface area contributed by atoms with Crippen LogP contribution in [0.2, 0.25) is 0 Å². The minimum Gasteiger partial charge on any atom is -0.762 e. The summed E-state index contributed by atoms with van der Waals surface area (Å²) in [6, 6.07) is 2.79. The van der Waals surface area contributed by atoms with Gasteiger partial charge in [0.1, 0.15) is 17.7 Å². The van der Waals surface area contributed by atoms with Crippen LogP contribution in [-0.2, 0) is 0 Å². The maximum atomic E-state index is 7.79. The summed E-state index contributed by atoms with van der Waals surface area (Å²) in [6.07, 6.45) is 7.85. The third kappa shape index (κ3) is 12.8. The molecule has 0 N–H and O–H groups in total. The fraction of sp³-hybridized carbons (Fsp3) is 0.737. The topological polar surface area (TPSA) is 79.4 Å². The Bertz CT molecular complexity index is 485. The van der Waals surface area contributed by atoms with Crippen molar-refractivity contribution in [1.29, 1.82) is 10.5 Å². The molecule has 0 spiro atoms. The normalized spacial score (nSPS) is 8.80. The third-order valence-electron chi connectivity index (χ3n) is 3.48. The van der Waals surface area contributed by atoms with E-state index in [1.165, 1.54) is 75.6 Å². The summed E-state index contributed by atoms with van der Waals surface area (Å²) in [5, 5.41) is 23.4. The molecule has 0 aromatic carbocycles. The second-order valence-electron chi connectivity index (χ2n) is 6.20. The number of hydrogen-bond acceptors (Lipinski definition) is 2. The largest absolute Gasteiger partial charge is 0.762 e. The van der Waals surface area contributed by atoms with E-state index in [0.717, 1.165) is 0 Å². The van der Waals surface area contributed by atoms with Crippen LogP contribution in [-0.4, -0.2) is 67.5 Å². The van der Waals surface area contributed by atoms with Gasteiger partial charge < -0.3 is 5.41 Å². The van der Waals surface area contributed by atoms with Gasteiger partial charge in [0, 0.05) is 0 Å². The van der Waals surface area contributed by atoms with Gasteiger partial charge in [-0.25, -0.2) is 5.87 Å². The van der Waals surface area contributed by atoms with E-state index in [-0.39, 0.29) is 0 Å². The van der Waals surface area contributed by atoms with Gasteiger partial charge in [0.2, 0.25) is 0 Å². The lowest BCUT2D eigenvalue weighted by Crippen LogP contribution is -2.46. The summed E-state index contributed by atoms with van der Waals surface area (Å²) in [6.45, 7) is 6.90. The van der Waals surface area contributed by atoms with Crippen molar-refractivity contribution < 1.29 is 4.58 Å². The molecule has 0 radical (unpaired) electrons. The molecule has 0 fully saturated rings. The van der Waals surface area contributed by atoms with Crippen LogP contribution in [0.1, 0.15) is 52.4 Å². The molecule has 0 heterocycles. The zero-order chi connectivity index (χ0) is 19.7. The van der Waals surface area contributed by atoms with E-state index in [4.69, 9.17) is 15.9 Å². The molecule has 0 aliphatic carbocycles. The second-order valence-corrected chi connectivity index (χ2v) is 6.20. The molecular weight excluding hydrogens is 312 g/mol. The minimum absolute atomic E-state index is 0.403. The van der Waals surface area contributed by atoms with Gasteiger partial charge in [-0.3, -0.25) is 14.4 Å². The van der Waals surface area contributed by atoms with Gasteiger partial charge in [-0.05, 0) is 12.8 Å². The van der Waals surface area contributed by atoms with Crippen molar-refractivity contribution in [3.63, 3.8) is 0 Å². The van der Waals surface area contributed by atoms with Crippen LogP contribution < -0.4 is 0 Å². The van der Waals surface area contributed by atoms with E-state index in [0.29, 0.717) is 0 Å². The Hall–Kier alpha value is -2.30. The maximum absolute atomic E-state index is 7.79. The average Bonchev–Trinajstić information content (AvgIpc) is 2.56. The molecule has 25 heavy (non-hydrogen) atoms. The van der Waals surface area contributed by atoms with Crippen LogP contribution >= 0.6 is 0 Å². The number of nitriles is 2. The summed E-state index contributed by atoms with van der Waals surface area (Å²) >= 11 is 0. The van der Waals surface area contributed by atoms with Gasteiger partial charge in [0.15, 0.2) is 0 Å². The molecule has 0 atom stereocenters. The fourth-order valence-corrected chi connectivity index (χ4v) is 2.46. The molecule has 6 nitrogen and oxygen atoms in total. The van der Waals surface area contributed by atoms with Crippen LogP contribution in [0.5, 0.6) is 0 Å². The van der Waals surface area contributed by atoms with Crippen LogP contribution in [0.3, 0.4) is 0 Å². The van der Waals surface area contributed by atoms with E-state index in [2.05, 4.69) is 56.4 Å².